The molecule has 0 aliphatic carbocycles. The number of rotatable bonds is 5. The van der Waals surface area contributed by atoms with Crippen LogP contribution < -0.4 is 4.72 Å². The van der Waals surface area contributed by atoms with Crippen molar-refractivity contribution in [3.63, 3.8) is 0 Å². The third-order valence-electron chi connectivity index (χ3n) is 1.35. The van der Waals surface area contributed by atoms with Crippen LogP contribution in [-0.2, 0) is 10.0 Å². The molecule has 0 aromatic heterocycles. The molecule has 13 heavy (non-hydrogen) atoms. The highest BCUT2D eigenvalue weighted by atomic mass is 35.5. The Bertz CT molecular complexity index is 253. The molecule has 3 nitrogen and oxygen atoms in total. The molecule has 0 saturated heterocycles. The van der Waals surface area contributed by atoms with E-state index in [1.54, 1.807) is 18.6 Å². The molecule has 0 heterocycles. The van der Waals surface area contributed by atoms with Crippen LogP contribution in [0.1, 0.15) is 13.8 Å². The Morgan fingerprint density at radius 1 is 1.46 bits per heavy atom. The van der Waals surface area contributed by atoms with Crippen molar-refractivity contribution in [3.05, 3.63) is 0 Å². The van der Waals surface area contributed by atoms with E-state index in [-0.39, 0.29) is 12.4 Å². The molecule has 0 amide bonds. The topological polar surface area (TPSA) is 46.2 Å². The second kappa shape index (κ2) is 4.52. The van der Waals surface area contributed by atoms with Crippen LogP contribution in [0.5, 0.6) is 0 Å². The van der Waals surface area contributed by atoms with Crippen molar-refractivity contribution in [2.75, 3.05) is 12.4 Å². The van der Waals surface area contributed by atoms with Gasteiger partial charge in [0.1, 0.15) is 0 Å². The van der Waals surface area contributed by atoms with Crippen molar-refractivity contribution in [2.45, 2.75) is 19.6 Å². The first-order chi connectivity index (χ1) is 5.71. The zero-order valence-electron chi connectivity index (χ0n) is 7.35. The molecule has 80 valence electrons. The highest BCUT2D eigenvalue weighted by Crippen LogP contribution is 2.16. The highest BCUT2D eigenvalue weighted by Gasteiger charge is 2.26. The number of halogens is 3. The Labute approximate surface area is 81.5 Å². The van der Waals surface area contributed by atoms with Gasteiger partial charge >= 0.3 is 5.76 Å². The predicted octanol–water partition coefficient (Wildman–Crippen LogP) is 1.39. The van der Waals surface area contributed by atoms with Crippen LogP contribution in [-0.4, -0.2) is 26.6 Å². The smallest absolute Gasteiger partial charge is 0.210 e. The first-order valence-corrected chi connectivity index (χ1v) is 5.62. The molecule has 0 aromatic carbocycles. The van der Waals surface area contributed by atoms with E-state index in [2.05, 4.69) is 0 Å². The third-order valence-corrected chi connectivity index (χ3v) is 3.09. The first-order valence-electron chi connectivity index (χ1n) is 3.54. The maximum Gasteiger partial charge on any atom is 0.350 e. The molecular formula is C6H12ClF2NO2S. The molecule has 0 rings (SSSR count). The van der Waals surface area contributed by atoms with Crippen molar-refractivity contribution >= 4 is 21.6 Å². The standard InChI is InChI=1S/C6H12ClF2NO2S/c1-6(2,3-7)4-10-13(11,12)5(8)9/h5,10H,3-4H2,1-2H3. The summed E-state index contributed by atoms with van der Waals surface area (Å²) in [6.07, 6.45) is 0. The Morgan fingerprint density at radius 3 is 2.23 bits per heavy atom. The van der Waals surface area contributed by atoms with Crippen LogP contribution in [0.3, 0.4) is 0 Å². The number of hydrogen-bond acceptors (Lipinski definition) is 2. The molecule has 0 unspecified atom stereocenters. The lowest BCUT2D eigenvalue weighted by Crippen LogP contribution is -2.37. The average molecular weight is 236 g/mol. The normalized spacial score (nSPS) is 13.7. The Hall–Kier alpha value is 0.0600. The second-order valence-electron chi connectivity index (χ2n) is 3.42. The van der Waals surface area contributed by atoms with Crippen molar-refractivity contribution < 1.29 is 17.2 Å². The number of alkyl halides is 3. The molecule has 0 spiro atoms. The minimum absolute atomic E-state index is 0.0941. The summed E-state index contributed by atoms with van der Waals surface area (Å²) < 4.78 is 46.6. The van der Waals surface area contributed by atoms with Crippen LogP contribution >= 0.6 is 11.6 Å². The van der Waals surface area contributed by atoms with Crippen molar-refractivity contribution in [1.29, 1.82) is 0 Å². The Morgan fingerprint density at radius 2 is 1.92 bits per heavy atom. The summed E-state index contributed by atoms with van der Waals surface area (Å²) in [6.45, 7) is 3.26. The van der Waals surface area contributed by atoms with E-state index in [1.807, 2.05) is 0 Å². The van der Waals surface area contributed by atoms with E-state index < -0.39 is 21.2 Å². The summed E-state index contributed by atoms with van der Waals surface area (Å²) in [5.74, 6) is -3.20. The number of sulfonamides is 1. The third kappa shape index (κ3) is 4.73. The maximum atomic E-state index is 11.8. The van der Waals surface area contributed by atoms with Crippen LogP contribution in [0.4, 0.5) is 8.78 Å². The first kappa shape index (κ1) is 13.1. The zero-order chi connectivity index (χ0) is 10.7. The molecule has 0 radical (unpaired) electrons. The number of hydrogen-bond donors (Lipinski definition) is 1. The van der Waals surface area contributed by atoms with Crippen LogP contribution in [0.2, 0.25) is 0 Å². The fraction of sp³-hybridized carbons (Fsp3) is 1.00. The molecule has 0 fully saturated rings. The summed E-state index contributed by atoms with van der Waals surface area (Å²) in [5.41, 5.74) is -0.524. The summed E-state index contributed by atoms with van der Waals surface area (Å²) >= 11 is 5.48. The van der Waals surface area contributed by atoms with Gasteiger partial charge in [-0.1, -0.05) is 13.8 Å². The molecule has 0 aliphatic heterocycles. The van der Waals surface area contributed by atoms with Gasteiger partial charge in [0.25, 0.3) is 10.0 Å². The fourth-order valence-corrected chi connectivity index (χ4v) is 1.22. The van der Waals surface area contributed by atoms with E-state index >= 15 is 0 Å². The van der Waals surface area contributed by atoms with Crippen LogP contribution in [0, 0.1) is 5.41 Å². The van der Waals surface area contributed by atoms with Crippen molar-refractivity contribution in [1.82, 2.24) is 4.72 Å². The van der Waals surface area contributed by atoms with Gasteiger partial charge in [-0.15, -0.1) is 11.6 Å². The van der Waals surface area contributed by atoms with Crippen molar-refractivity contribution in [2.24, 2.45) is 5.41 Å². The highest BCUT2D eigenvalue weighted by molar-refractivity contribution is 7.89. The van der Waals surface area contributed by atoms with E-state index in [0.29, 0.717) is 0 Å². The number of nitrogens with one attached hydrogen (secondary N) is 1. The van der Waals surface area contributed by atoms with Gasteiger partial charge in [0.15, 0.2) is 0 Å². The monoisotopic (exact) mass is 235 g/mol. The molecular weight excluding hydrogens is 224 g/mol. The SMILES string of the molecule is CC(C)(CCl)CNS(=O)(=O)C(F)F. The van der Waals surface area contributed by atoms with E-state index in [1.165, 1.54) is 0 Å². The van der Waals surface area contributed by atoms with E-state index in [4.69, 9.17) is 11.6 Å². The Kier molecular flexibility index (Phi) is 4.54. The molecule has 0 atom stereocenters. The average Bonchev–Trinajstić information content (AvgIpc) is 2.01. The minimum atomic E-state index is -4.48. The second-order valence-corrected chi connectivity index (χ2v) is 5.43. The van der Waals surface area contributed by atoms with Gasteiger partial charge < -0.3 is 0 Å². The minimum Gasteiger partial charge on any atom is -0.210 e. The van der Waals surface area contributed by atoms with Gasteiger partial charge in [0.05, 0.1) is 0 Å². The molecule has 0 saturated carbocycles. The van der Waals surface area contributed by atoms with Gasteiger partial charge in [-0.2, -0.15) is 8.78 Å². The largest absolute Gasteiger partial charge is 0.350 e. The molecule has 1 N–H and O–H groups in total. The quantitative estimate of drug-likeness (QED) is 0.732. The lowest BCUT2D eigenvalue weighted by molar-refractivity contribution is 0.231. The van der Waals surface area contributed by atoms with Gasteiger partial charge in [0, 0.05) is 12.4 Å². The summed E-state index contributed by atoms with van der Waals surface area (Å²) in [7, 11) is -4.48. The van der Waals surface area contributed by atoms with Gasteiger partial charge in [-0.05, 0) is 5.41 Å². The molecule has 0 aromatic rings. The summed E-state index contributed by atoms with van der Waals surface area (Å²) in [5, 5.41) is 0. The van der Waals surface area contributed by atoms with Gasteiger partial charge in [0.2, 0.25) is 0 Å². The van der Waals surface area contributed by atoms with Crippen molar-refractivity contribution in [3.8, 4) is 0 Å². The van der Waals surface area contributed by atoms with Gasteiger partial charge in [-0.3, -0.25) is 0 Å². The maximum absolute atomic E-state index is 11.8. The van der Waals surface area contributed by atoms with Gasteiger partial charge in [-0.25, -0.2) is 13.1 Å². The van der Waals surface area contributed by atoms with Crippen LogP contribution in [0.15, 0.2) is 0 Å². The Balaban J connectivity index is 4.19. The predicted molar refractivity (Wildman–Crippen MR) is 47.4 cm³/mol. The molecule has 0 bridgehead atoms. The summed E-state index contributed by atoms with van der Waals surface area (Å²) in [4.78, 5) is 0. The molecule has 7 heteroatoms. The van der Waals surface area contributed by atoms with Crippen LogP contribution in [0.25, 0.3) is 0 Å². The van der Waals surface area contributed by atoms with E-state index in [9.17, 15) is 17.2 Å². The fourth-order valence-electron chi connectivity index (χ4n) is 0.406. The lowest BCUT2D eigenvalue weighted by Gasteiger charge is -2.21. The molecule has 0 aliphatic rings. The lowest BCUT2D eigenvalue weighted by atomic mass is 9.97. The zero-order valence-corrected chi connectivity index (χ0v) is 8.92. The van der Waals surface area contributed by atoms with E-state index in [0.717, 1.165) is 0 Å². The summed E-state index contributed by atoms with van der Waals surface area (Å²) in [6, 6.07) is 0.